The van der Waals surface area contributed by atoms with Gasteiger partial charge in [-0.1, -0.05) is 17.4 Å². The average molecular weight is 366 g/mol. The van der Waals surface area contributed by atoms with Crippen molar-refractivity contribution in [2.75, 3.05) is 20.1 Å². The van der Waals surface area contributed by atoms with Gasteiger partial charge in [-0.2, -0.15) is 15.8 Å². The van der Waals surface area contributed by atoms with E-state index in [9.17, 15) is 25.9 Å². The molecule has 9 heteroatoms. The first-order valence-electron chi connectivity index (χ1n) is 7.75. The summed E-state index contributed by atoms with van der Waals surface area (Å²) in [5, 5.41) is 40.3. The van der Waals surface area contributed by atoms with Crippen LogP contribution in [0.15, 0.2) is 35.1 Å². The van der Waals surface area contributed by atoms with Crippen molar-refractivity contribution in [3.05, 3.63) is 50.0 Å². The van der Waals surface area contributed by atoms with Gasteiger partial charge in [0.05, 0.1) is 28.3 Å². The third-order valence-corrected chi connectivity index (χ3v) is 6.07. The number of hydrogen-bond acceptors (Lipinski definition) is 8. The Morgan fingerprint density at radius 2 is 2.08 bits per heavy atom. The number of thiophene rings is 1. The number of likely N-dealkylation sites (N-methyl/N-ethyl adjacent to an activating group) is 1. The van der Waals surface area contributed by atoms with Gasteiger partial charge in [0.2, 0.25) is 0 Å². The summed E-state index contributed by atoms with van der Waals surface area (Å²) in [5.74, 6) is -1.00. The smallest absolute Gasteiger partial charge is 0.324 e. The Bertz CT molecular complexity index is 957. The van der Waals surface area contributed by atoms with Crippen molar-refractivity contribution in [3.63, 3.8) is 0 Å². The number of nitriles is 3. The normalized spacial score (nSPS) is 24.6. The number of fused-ring (bicyclic) bond motifs is 1. The Hall–Kier alpha value is -3.19. The highest BCUT2D eigenvalue weighted by Crippen LogP contribution is 2.55. The van der Waals surface area contributed by atoms with Crippen LogP contribution < -0.4 is 5.73 Å². The second kappa shape index (κ2) is 6.27. The van der Waals surface area contributed by atoms with Crippen molar-refractivity contribution < 1.29 is 4.92 Å². The molecule has 1 aromatic heterocycles. The lowest BCUT2D eigenvalue weighted by molar-refractivity contribution is -0.380. The molecule has 2 atom stereocenters. The number of nitrogens with zero attached hydrogens (tertiary/aromatic N) is 5. The molecule has 1 aromatic rings. The highest BCUT2D eigenvalue weighted by Gasteiger charge is 2.55. The second-order valence-corrected chi connectivity index (χ2v) is 7.42. The fourth-order valence-corrected chi connectivity index (χ4v) is 4.79. The molecule has 0 aromatic carbocycles. The lowest BCUT2D eigenvalue weighted by Gasteiger charge is -2.44. The fourth-order valence-electron chi connectivity index (χ4n) is 3.74. The van der Waals surface area contributed by atoms with Gasteiger partial charge in [-0.3, -0.25) is 10.1 Å². The maximum Gasteiger partial charge on any atom is 0.324 e. The minimum absolute atomic E-state index is 0.0619. The number of rotatable bonds is 2. The molecule has 26 heavy (non-hydrogen) atoms. The van der Waals surface area contributed by atoms with E-state index in [0.29, 0.717) is 23.5 Å². The number of allylic oxidation sites excluding steroid dienone is 2. The highest BCUT2D eigenvalue weighted by atomic mass is 32.1. The summed E-state index contributed by atoms with van der Waals surface area (Å²) in [5.41, 5.74) is 5.22. The zero-order valence-electron chi connectivity index (χ0n) is 13.8. The Kier molecular flexibility index (Phi) is 4.25. The predicted octanol–water partition coefficient (Wildman–Crippen LogP) is 2.01. The van der Waals surface area contributed by atoms with Crippen molar-refractivity contribution in [1.29, 1.82) is 15.8 Å². The van der Waals surface area contributed by atoms with E-state index >= 15 is 0 Å². The monoisotopic (exact) mass is 366 g/mol. The molecule has 0 radical (unpaired) electrons. The molecule has 2 aliphatic rings. The molecule has 0 saturated carbocycles. The molecule has 0 amide bonds. The molecule has 0 unspecified atom stereocenters. The van der Waals surface area contributed by atoms with Gasteiger partial charge in [0.15, 0.2) is 5.41 Å². The van der Waals surface area contributed by atoms with E-state index in [1.54, 1.807) is 6.07 Å². The molecular formula is C17H14N6O2S. The first-order chi connectivity index (χ1) is 12.4. The summed E-state index contributed by atoms with van der Waals surface area (Å²) in [4.78, 5) is 13.1. The third-order valence-electron chi connectivity index (χ3n) is 4.95. The zero-order valence-corrected chi connectivity index (χ0v) is 14.7. The Morgan fingerprint density at radius 3 is 2.62 bits per heavy atom. The van der Waals surface area contributed by atoms with Crippen molar-refractivity contribution in [2.45, 2.75) is 5.92 Å². The number of nitrogens with two attached hydrogens (primary N) is 1. The van der Waals surface area contributed by atoms with Crippen molar-refractivity contribution in [2.24, 2.45) is 17.1 Å². The summed E-state index contributed by atoms with van der Waals surface area (Å²) >= 11 is 0.940. The molecule has 1 aliphatic heterocycles. The molecule has 1 aliphatic carbocycles. The summed E-state index contributed by atoms with van der Waals surface area (Å²) in [6.07, 6.45) is 1.88. The van der Waals surface area contributed by atoms with Gasteiger partial charge in [0.1, 0.15) is 6.07 Å². The van der Waals surface area contributed by atoms with Crippen LogP contribution in [0.1, 0.15) is 10.8 Å². The molecule has 130 valence electrons. The first-order valence-corrected chi connectivity index (χ1v) is 8.57. The molecule has 2 N–H and O–H groups in total. The Balaban J connectivity index is 2.30. The number of hydrogen-bond donors (Lipinski definition) is 1. The third kappa shape index (κ3) is 2.36. The average Bonchev–Trinajstić information content (AvgIpc) is 3.11. The van der Waals surface area contributed by atoms with Crippen LogP contribution in [0.2, 0.25) is 0 Å². The maximum atomic E-state index is 11.1. The first kappa shape index (κ1) is 17.6. The van der Waals surface area contributed by atoms with E-state index in [-0.39, 0.29) is 22.2 Å². The maximum absolute atomic E-state index is 11.1. The van der Waals surface area contributed by atoms with Crippen LogP contribution in [0.25, 0.3) is 0 Å². The molecule has 0 bridgehead atoms. The van der Waals surface area contributed by atoms with Crippen LogP contribution in [-0.2, 0) is 0 Å². The minimum atomic E-state index is -1.75. The molecule has 2 heterocycles. The lowest BCUT2D eigenvalue weighted by atomic mass is 9.59. The molecular weight excluding hydrogens is 352 g/mol. The van der Waals surface area contributed by atoms with Gasteiger partial charge < -0.3 is 10.6 Å². The molecule has 0 saturated heterocycles. The van der Waals surface area contributed by atoms with E-state index in [1.165, 1.54) is 6.07 Å². The van der Waals surface area contributed by atoms with Gasteiger partial charge in [-0.05, 0) is 18.7 Å². The van der Waals surface area contributed by atoms with E-state index in [2.05, 4.69) is 0 Å². The van der Waals surface area contributed by atoms with E-state index in [0.717, 1.165) is 11.3 Å². The molecule has 0 fully saturated rings. The summed E-state index contributed by atoms with van der Waals surface area (Å²) < 4.78 is 0. The summed E-state index contributed by atoms with van der Waals surface area (Å²) in [6, 6.07) is 9.02. The zero-order chi connectivity index (χ0) is 19.1. The number of nitro groups is 1. The van der Waals surface area contributed by atoms with Gasteiger partial charge in [0, 0.05) is 35.9 Å². The second-order valence-electron chi connectivity index (χ2n) is 6.33. The van der Waals surface area contributed by atoms with E-state index < -0.39 is 16.3 Å². The van der Waals surface area contributed by atoms with Crippen LogP contribution in [0.5, 0.6) is 0 Å². The van der Waals surface area contributed by atoms with Crippen LogP contribution in [0.4, 0.5) is 5.00 Å². The van der Waals surface area contributed by atoms with E-state index in [4.69, 9.17) is 5.73 Å². The minimum Gasteiger partial charge on any atom is -0.399 e. The van der Waals surface area contributed by atoms with Crippen molar-refractivity contribution in [3.8, 4) is 18.2 Å². The standard InChI is InChI=1S/C17H14N6O2S/c1-22-5-4-10-11(6-18)16(21)17(8-19,9-20)15(12(10)7-22)13-2-3-14(26-13)23(24)25/h2-4,12,15H,5,7,21H2,1H3/t12-,15+/m0/s1. The van der Waals surface area contributed by atoms with Gasteiger partial charge >= 0.3 is 5.00 Å². The predicted molar refractivity (Wildman–Crippen MR) is 93.3 cm³/mol. The van der Waals surface area contributed by atoms with E-state index in [1.807, 2.05) is 36.2 Å². The van der Waals surface area contributed by atoms with Crippen LogP contribution >= 0.6 is 11.3 Å². The Labute approximate surface area is 153 Å². The van der Waals surface area contributed by atoms with Gasteiger partial charge in [-0.15, -0.1) is 0 Å². The summed E-state index contributed by atoms with van der Waals surface area (Å²) in [7, 11) is 1.90. The van der Waals surface area contributed by atoms with Crippen LogP contribution in [-0.4, -0.2) is 30.0 Å². The van der Waals surface area contributed by atoms with Gasteiger partial charge in [0.25, 0.3) is 0 Å². The fraction of sp³-hybridized carbons (Fsp3) is 0.353. The molecule has 3 rings (SSSR count). The summed E-state index contributed by atoms with van der Waals surface area (Å²) in [6.45, 7) is 1.14. The highest BCUT2D eigenvalue weighted by molar-refractivity contribution is 7.15. The molecule has 8 nitrogen and oxygen atoms in total. The van der Waals surface area contributed by atoms with Crippen molar-refractivity contribution in [1.82, 2.24) is 4.90 Å². The Morgan fingerprint density at radius 1 is 1.38 bits per heavy atom. The topological polar surface area (TPSA) is 144 Å². The van der Waals surface area contributed by atoms with Crippen LogP contribution in [0.3, 0.4) is 0 Å². The van der Waals surface area contributed by atoms with Crippen LogP contribution in [0, 0.1) is 55.4 Å². The lowest BCUT2D eigenvalue weighted by Crippen LogP contribution is -2.47. The quantitative estimate of drug-likeness (QED) is 0.622. The van der Waals surface area contributed by atoms with Gasteiger partial charge in [-0.25, -0.2) is 0 Å². The SMILES string of the molecule is CN1CC=C2C(C#N)=C(N)C(C#N)(C#N)[C@@H](c3ccc([N+](=O)[O-])s3)[C@H]2C1. The molecule has 0 spiro atoms. The largest absolute Gasteiger partial charge is 0.399 e. The van der Waals surface area contributed by atoms with Crippen molar-refractivity contribution >= 4 is 16.3 Å².